The molecule has 0 fully saturated rings. The zero-order chi connectivity index (χ0) is 13.9. The van der Waals surface area contributed by atoms with Gasteiger partial charge in [-0.2, -0.15) is 4.98 Å². The van der Waals surface area contributed by atoms with Gasteiger partial charge in [0.2, 0.25) is 10.7 Å². The first-order valence-electron chi connectivity index (χ1n) is 5.87. The average Bonchev–Trinajstić information content (AvgIpc) is 2.87. The number of benzene rings is 1. The highest BCUT2D eigenvalue weighted by atomic mass is 32.2. The highest BCUT2D eigenvalue weighted by Gasteiger charge is 2.09. The predicted molar refractivity (Wildman–Crippen MR) is 79.7 cm³/mol. The van der Waals surface area contributed by atoms with Crippen molar-refractivity contribution in [2.75, 3.05) is 7.11 Å². The molecule has 2 aromatic heterocycles. The molecule has 0 spiro atoms. The summed E-state index contributed by atoms with van der Waals surface area (Å²) in [5.41, 5.74) is 0.868. The molecule has 0 saturated carbocycles. The zero-order valence-corrected chi connectivity index (χ0v) is 12.3. The number of thioether (sulfide) groups is 1. The van der Waals surface area contributed by atoms with Gasteiger partial charge in [-0.3, -0.25) is 4.79 Å². The Morgan fingerprint density at radius 2 is 2.15 bits per heavy atom. The molecule has 5 nitrogen and oxygen atoms in total. The Labute approximate surface area is 123 Å². The highest BCUT2D eigenvalue weighted by molar-refractivity contribution is 8.00. The van der Waals surface area contributed by atoms with E-state index < -0.39 is 0 Å². The van der Waals surface area contributed by atoms with Crippen LogP contribution in [0.2, 0.25) is 0 Å². The lowest BCUT2D eigenvalue weighted by atomic mass is 10.2. The van der Waals surface area contributed by atoms with E-state index in [1.165, 1.54) is 24.0 Å². The maximum Gasteiger partial charge on any atom is 0.316 e. The molecule has 3 aromatic rings. The Hall–Kier alpha value is -1.86. The van der Waals surface area contributed by atoms with Gasteiger partial charge in [-0.05, 0) is 5.56 Å². The second-order valence-corrected chi connectivity index (χ2v) is 6.16. The van der Waals surface area contributed by atoms with Gasteiger partial charge in [0.25, 0.3) is 0 Å². The second kappa shape index (κ2) is 5.64. The molecule has 0 radical (unpaired) electrons. The molecule has 3 rings (SSSR count). The van der Waals surface area contributed by atoms with Gasteiger partial charge in [0.15, 0.2) is 4.34 Å². The third kappa shape index (κ3) is 2.68. The van der Waals surface area contributed by atoms with Crippen LogP contribution in [0.15, 0.2) is 45.7 Å². The third-order valence-corrected chi connectivity index (χ3v) is 4.76. The Morgan fingerprint density at radius 3 is 2.90 bits per heavy atom. The molecule has 0 unspecified atom stereocenters. The minimum atomic E-state index is -0.365. The fraction of sp³-hybridized carbons (Fsp3) is 0.154. The van der Waals surface area contributed by atoms with Crippen LogP contribution >= 0.6 is 23.1 Å². The Bertz CT molecular complexity index is 783. The van der Waals surface area contributed by atoms with E-state index in [-0.39, 0.29) is 11.3 Å². The average molecular weight is 305 g/mol. The minimum Gasteiger partial charge on any atom is -0.490 e. The maximum atomic E-state index is 11.6. The molecule has 0 bridgehead atoms. The van der Waals surface area contributed by atoms with Crippen molar-refractivity contribution in [2.24, 2.45) is 0 Å². The van der Waals surface area contributed by atoms with Crippen LogP contribution in [0, 0.1) is 0 Å². The number of hydrogen-bond acceptors (Lipinski definition) is 6. The molecular weight excluding hydrogens is 294 g/mol. The number of aromatic nitrogens is 3. The molecule has 20 heavy (non-hydrogen) atoms. The summed E-state index contributed by atoms with van der Waals surface area (Å²) in [5, 5.41) is 4.39. The van der Waals surface area contributed by atoms with Crippen LogP contribution in [-0.2, 0) is 5.75 Å². The van der Waals surface area contributed by atoms with E-state index in [0.29, 0.717) is 4.96 Å². The summed E-state index contributed by atoms with van der Waals surface area (Å²) in [6, 6.07) is 10.2. The summed E-state index contributed by atoms with van der Waals surface area (Å²) in [5.74, 6) is 1.04. The molecule has 1 aromatic carbocycles. The standard InChI is InChI=1S/C13H11N3O2S2/c1-18-10-7-16-12(14-11(10)17)20-13(15-16)19-8-9-5-3-2-4-6-9/h2-7H,8H2,1H3. The molecule has 7 heteroatoms. The van der Waals surface area contributed by atoms with Crippen LogP contribution in [0.5, 0.6) is 5.75 Å². The number of hydrogen-bond donors (Lipinski definition) is 0. The van der Waals surface area contributed by atoms with Crippen LogP contribution in [0.25, 0.3) is 4.96 Å². The van der Waals surface area contributed by atoms with E-state index in [0.717, 1.165) is 10.1 Å². The summed E-state index contributed by atoms with van der Waals surface area (Å²) < 4.78 is 7.40. The van der Waals surface area contributed by atoms with Gasteiger partial charge < -0.3 is 4.74 Å². The lowest BCUT2D eigenvalue weighted by Gasteiger charge is -1.97. The van der Waals surface area contributed by atoms with Crippen molar-refractivity contribution in [1.82, 2.24) is 14.6 Å². The molecule has 0 N–H and O–H groups in total. The first-order chi connectivity index (χ1) is 9.76. The number of methoxy groups -OCH3 is 1. The normalized spacial score (nSPS) is 10.8. The van der Waals surface area contributed by atoms with E-state index in [4.69, 9.17) is 4.74 Å². The van der Waals surface area contributed by atoms with Gasteiger partial charge in [-0.25, -0.2) is 4.52 Å². The third-order valence-electron chi connectivity index (χ3n) is 2.64. The van der Waals surface area contributed by atoms with Crippen LogP contribution in [0.1, 0.15) is 5.56 Å². The van der Waals surface area contributed by atoms with Crippen molar-refractivity contribution in [1.29, 1.82) is 0 Å². The lowest BCUT2D eigenvalue weighted by molar-refractivity contribution is 0.404. The fourth-order valence-corrected chi connectivity index (χ4v) is 3.53. The van der Waals surface area contributed by atoms with Crippen molar-refractivity contribution in [3.8, 4) is 5.75 Å². The van der Waals surface area contributed by atoms with Crippen LogP contribution in [-0.4, -0.2) is 21.7 Å². The van der Waals surface area contributed by atoms with Crippen molar-refractivity contribution < 1.29 is 4.74 Å². The minimum absolute atomic E-state index is 0.201. The summed E-state index contributed by atoms with van der Waals surface area (Å²) in [7, 11) is 1.45. The molecule has 0 saturated heterocycles. The van der Waals surface area contributed by atoms with Gasteiger partial charge in [0.05, 0.1) is 13.3 Å². The first-order valence-corrected chi connectivity index (χ1v) is 7.68. The zero-order valence-electron chi connectivity index (χ0n) is 10.6. The molecule has 2 heterocycles. The lowest BCUT2D eigenvalue weighted by Crippen LogP contribution is -2.10. The molecule has 0 aliphatic rings. The van der Waals surface area contributed by atoms with Gasteiger partial charge in [-0.1, -0.05) is 53.4 Å². The number of ether oxygens (including phenoxy) is 1. The molecular formula is C13H11N3O2S2. The van der Waals surface area contributed by atoms with E-state index in [2.05, 4.69) is 22.2 Å². The quantitative estimate of drug-likeness (QED) is 0.693. The molecule has 102 valence electrons. The summed E-state index contributed by atoms with van der Waals surface area (Å²) in [6.07, 6.45) is 1.56. The Kier molecular flexibility index (Phi) is 3.70. The second-order valence-electron chi connectivity index (χ2n) is 3.98. The topological polar surface area (TPSA) is 56.5 Å². The van der Waals surface area contributed by atoms with Gasteiger partial charge >= 0.3 is 5.56 Å². The highest BCUT2D eigenvalue weighted by Crippen LogP contribution is 2.27. The Balaban J connectivity index is 1.84. The summed E-state index contributed by atoms with van der Waals surface area (Å²) in [4.78, 5) is 16.1. The summed E-state index contributed by atoms with van der Waals surface area (Å²) in [6.45, 7) is 0. The van der Waals surface area contributed by atoms with E-state index >= 15 is 0 Å². The molecule has 0 amide bonds. The SMILES string of the molecule is COc1cn2nc(SCc3ccccc3)sc2nc1=O. The molecule has 0 atom stereocenters. The summed E-state index contributed by atoms with van der Waals surface area (Å²) >= 11 is 3.02. The smallest absolute Gasteiger partial charge is 0.316 e. The van der Waals surface area contributed by atoms with Crippen LogP contribution in [0.3, 0.4) is 0 Å². The molecule has 0 aliphatic heterocycles. The van der Waals surface area contributed by atoms with Crippen molar-refractivity contribution >= 4 is 28.1 Å². The number of fused-ring (bicyclic) bond motifs is 1. The van der Waals surface area contributed by atoms with Crippen LogP contribution in [0.4, 0.5) is 0 Å². The van der Waals surface area contributed by atoms with Crippen molar-refractivity contribution in [2.45, 2.75) is 10.1 Å². The largest absolute Gasteiger partial charge is 0.490 e. The Morgan fingerprint density at radius 1 is 1.35 bits per heavy atom. The van der Waals surface area contributed by atoms with E-state index in [9.17, 15) is 4.79 Å². The van der Waals surface area contributed by atoms with Crippen molar-refractivity contribution in [3.05, 3.63) is 52.4 Å². The number of nitrogens with zero attached hydrogens (tertiary/aromatic N) is 3. The maximum absolute atomic E-state index is 11.6. The number of rotatable bonds is 4. The van der Waals surface area contributed by atoms with E-state index in [1.54, 1.807) is 22.5 Å². The fourth-order valence-electron chi connectivity index (χ4n) is 1.66. The van der Waals surface area contributed by atoms with Crippen molar-refractivity contribution in [3.63, 3.8) is 0 Å². The monoisotopic (exact) mass is 305 g/mol. The predicted octanol–water partition coefficient (Wildman–Crippen LogP) is 2.45. The first kappa shape index (κ1) is 13.1. The molecule has 0 aliphatic carbocycles. The van der Waals surface area contributed by atoms with Crippen LogP contribution < -0.4 is 10.3 Å². The van der Waals surface area contributed by atoms with Gasteiger partial charge in [0, 0.05) is 5.75 Å². The van der Waals surface area contributed by atoms with Gasteiger partial charge in [-0.15, -0.1) is 5.10 Å². The van der Waals surface area contributed by atoms with E-state index in [1.807, 2.05) is 18.2 Å². The van der Waals surface area contributed by atoms with Gasteiger partial charge in [0.1, 0.15) is 0 Å².